The first-order valence-electron chi connectivity index (χ1n) is 5.55. The molecule has 1 fully saturated rings. The summed E-state index contributed by atoms with van der Waals surface area (Å²) in [6.07, 6.45) is 6.79. The van der Waals surface area contributed by atoms with Gasteiger partial charge >= 0.3 is 0 Å². The van der Waals surface area contributed by atoms with Crippen LogP contribution in [-0.4, -0.2) is 35.8 Å². The van der Waals surface area contributed by atoms with Crippen molar-refractivity contribution in [2.24, 2.45) is 0 Å². The summed E-state index contributed by atoms with van der Waals surface area (Å²) in [5, 5.41) is 0. The molecular weight excluding hydrogens is 202 g/mol. The van der Waals surface area contributed by atoms with E-state index in [4.69, 9.17) is 4.74 Å². The van der Waals surface area contributed by atoms with Gasteiger partial charge in [-0.3, -0.25) is 0 Å². The highest BCUT2D eigenvalue weighted by molar-refractivity contribution is 5.31. The van der Waals surface area contributed by atoms with E-state index in [1.807, 2.05) is 19.3 Å². The molecule has 1 aliphatic rings. The molecule has 86 valence electrons. The zero-order chi connectivity index (χ0) is 11.4. The summed E-state index contributed by atoms with van der Waals surface area (Å²) in [6.45, 7) is 8.09. The number of aromatic nitrogens is 2. The van der Waals surface area contributed by atoms with Gasteiger partial charge in [0, 0.05) is 25.5 Å². The lowest BCUT2D eigenvalue weighted by atomic mass is 10.3. The van der Waals surface area contributed by atoms with E-state index in [1.165, 1.54) is 0 Å². The van der Waals surface area contributed by atoms with Crippen molar-refractivity contribution in [3.63, 3.8) is 0 Å². The van der Waals surface area contributed by atoms with Crippen LogP contribution in [0.5, 0.6) is 0 Å². The maximum atomic E-state index is 5.61. The number of aryl methyl sites for hydroxylation is 1. The average Bonchev–Trinajstić information content (AvgIpc) is 2.76. The van der Waals surface area contributed by atoms with Crippen molar-refractivity contribution in [3.05, 3.63) is 30.6 Å². The Morgan fingerprint density at radius 1 is 1.56 bits per heavy atom. The lowest BCUT2D eigenvalue weighted by molar-refractivity contribution is 0.0908. The Morgan fingerprint density at radius 3 is 3.00 bits per heavy atom. The van der Waals surface area contributed by atoms with Crippen LogP contribution in [0.2, 0.25) is 0 Å². The van der Waals surface area contributed by atoms with E-state index in [0.29, 0.717) is 6.61 Å². The van der Waals surface area contributed by atoms with Crippen LogP contribution in [0.25, 0.3) is 0 Å². The lowest BCUT2D eigenvalue weighted by Gasteiger charge is -2.15. The van der Waals surface area contributed by atoms with Gasteiger partial charge in [0.1, 0.15) is 0 Å². The van der Waals surface area contributed by atoms with E-state index in [0.717, 1.165) is 31.0 Å². The fourth-order valence-electron chi connectivity index (χ4n) is 1.80. The molecule has 4 heteroatoms. The zero-order valence-electron chi connectivity index (χ0n) is 9.59. The average molecular weight is 219 g/mol. The maximum Gasteiger partial charge on any atom is 0.225 e. The summed E-state index contributed by atoms with van der Waals surface area (Å²) in [6, 6.07) is 0. The predicted octanol–water partition coefficient (Wildman–Crippen LogP) is 1.57. The molecule has 0 aliphatic carbocycles. The molecule has 2 heterocycles. The predicted molar refractivity (Wildman–Crippen MR) is 63.5 cm³/mol. The van der Waals surface area contributed by atoms with E-state index < -0.39 is 0 Å². The molecule has 16 heavy (non-hydrogen) atoms. The molecule has 1 unspecified atom stereocenters. The zero-order valence-corrected chi connectivity index (χ0v) is 9.59. The Morgan fingerprint density at radius 2 is 2.31 bits per heavy atom. The number of nitrogens with zero attached hydrogens (tertiary/aromatic N) is 3. The first kappa shape index (κ1) is 11.1. The summed E-state index contributed by atoms with van der Waals surface area (Å²) in [5.74, 6) is 0.801. The first-order chi connectivity index (χ1) is 7.79. The molecule has 0 saturated carbocycles. The normalized spacial score (nSPS) is 20.1. The van der Waals surface area contributed by atoms with Crippen molar-refractivity contribution in [3.8, 4) is 0 Å². The van der Waals surface area contributed by atoms with Crippen molar-refractivity contribution in [1.29, 1.82) is 0 Å². The Bertz CT molecular complexity index is 350. The Kier molecular flexibility index (Phi) is 3.51. The van der Waals surface area contributed by atoms with Crippen LogP contribution in [0.1, 0.15) is 12.0 Å². The van der Waals surface area contributed by atoms with Gasteiger partial charge < -0.3 is 9.64 Å². The van der Waals surface area contributed by atoms with Crippen molar-refractivity contribution < 1.29 is 4.74 Å². The highest BCUT2D eigenvalue weighted by Crippen LogP contribution is 2.17. The molecule has 0 bridgehead atoms. The highest BCUT2D eigenvalue weighted by Gasteiger charge is 2.24. The van der Waals surface area contributed by atoms with Gasteiger partial charge in [0.2, 0.25) is 5.95 Å². The molecule has 4 nitrogen and oxygen atoms in total. The second-order valence-corrected chi connectivity index (χ2v) is 4.04. The van der Waals surface area contributed by atoms with Gasteiger partial charge in [-0.1, -0.05) is 6.08 Å². The smallest absolute Gasteiger partial charge is 0.225 e. The third-order valence-electron chi connectivity index (χ3n) is 2.64. The molecule has 2 rings (SSSR count). The fraction of sp³-hybridized carbons (Fsp3) is 0.500. The molecule has 1 aromatic heterocycles. The maximum absolute atomic E-state index is 5.61. The van der Waals surface area contributed by atoms with Crippen LogP contribution >= 0.6 is 0 Å². The van der Waals surface area contributed by atoms with E-state index in [-0.39, 0.29) is 6.10 Å². The van der Waals surface area contributed by atoms with Crippen LogP contribution in [0, 0.1) is 6.92 Å². The number of ether oxygens (including phenoxy) is 1. The van der Waals surface area contributed by atoms with Crippen LogP contribution in [0.15, 0.2) is 25.0 Å². The fourth-order valence-corrected chi connectivity index (χ4v) is 1.80. The van der Waals surface area contributed by atoms with Crippen molar-refractivity contribution in [2.75, 3.05) is 24.6 Å². The molecular formula is C12H17N3O. The molecule has 1 atom stereocenters. The summed E-state index contributed by atoms with van der Waals surface area (Å²) in [7, 11) is 0. The molecule has 1 aliphatic heterocycles. The minimum Gasteiger partial charge on any atom is -0.372 e. The third kappa shape index (κ3) is 2.58. The second kappa shape index (κ2) is 5.07. The SMILES string of the molecule is C=CCOC1CCN(c2ncc(C)cn2)C1. The largest absolute Gasteiger partial charge is 0.372 e. The molecule has 0 N–H and O–H groups in total. The quantitative estimate of drug-likeness (QED) is 0.720. The van der Waals surface area contributed by atoms with E-state index in [9.17, 15) is 0 Å². The van der Waals surface area contributed by atoms with Gasteiger partial charge in [-0.2, -0.15) is 0 Å². The Balaban J connectivity index is 1.92. The van der Waals surface area contributed by atoms with Crippen LogP contribution in [0.4, 0.5) is 5.95 Å². The molecule has 0 amide bonds. The monoisotopic (exact) mass is 219 g/mol. The lowest BCUT2D eigenvalue weighted by Crippen LogP contribution is -2.24. The molecule has 0 aromatic carbocycles. The second-order valence-electron chi connectivity index (χ2n) is 4.04. The van der Waals surface area contributed by atoms with Crippen LogP contribution in [0.3, 0.4) is 0 Å². The minimum absolute atomic E-state index is 0.280. The van der Waals surface area contributed by atoms with Gasteiger partial charge in [0.25, 0.3) is 0 Å². The molecule has 1 aromatic rings. The number of hydrogen-bond acceptors (Lipinski definition) is 4. The van der Waals surface area contributed by atoms with Crippen LogP contribution < -0.4 is 4.90 Å². The summed E-state index contributed by atoms with van der Waals surface area (Å²) in [5.41, 5.74) is 1.09. The third-order valence-corrected chi connectivity index (χ3v) is 2.64. The number of hydrogen-bond donors (Lipinski definition) is 0. The number of anilines is 1. The summed E-state index contributed by atoms with van der Waals surface area (Å²) >= 11 is 0. The molecule has 0 spiro atoms. The van der Waals surface area contributed by atoms with E-state index >= 15 is 0 Å². The number of rotatable bonds is 4. The van der Waals surface area contributed by atoms with Gasteiger partial charge in [0.15, 0.2) is 0 Å². The van der Waals surface area contributed by atoms with Crippen molar-refractivity contribution in [1.82, 2.24) is 9.97 Å². The van der Waals surface area contributed by atoms with Crippen molar-refractivity contribution in [2.45, 2.75) is 19.4 Å². The van der Waals surface area contributed by atoms with Gasteiger partial charge in [-0.05, 0) is 18.9 Å². The van der Waals surface area contributed by atoms with Gasteiger partial charge in [-0.25, -0.2) is 9.97 Å². The Labute approximate surface area is 96.0 Å². The van der Waals surface area contributed by atoms with Gasteiger partial charge in [0.05, 0.1) is 12.7 Å². The van der Waals surface area contributed by atoms with Crippen molar-refractivity contribution >= 4 is 5.95 Å². The highest BCUT2D eigenvalue weighted by atomic mass is 16.5. The minimum atomic E-state index is 0.280. The summed E-state index contributed by atoms with van der Waals surface area (Å²) in [4.78, 5) is 10.8. The topological polar surface area (TPSA) is 38.2 Å². The van der Waals surface area contributed by atoms with E-state index in [1.54, 1.807) is 6.08 Å². The molecule has 1 saturated heterocycles. The van der Waals surface area contributed by atoms with Gasteiger partial charge in [-0.15, -0.1) is 6.58 Å². The first-order valence-corrected chi connectivity index (χ1v) is 5.55. The Hall–Kier alpha value is -1.42. The van der Waals surface area contributed by atoms with E-state index in [2.05, 4.69) is 21.4 Å². The standard InChI is InChI=1S/C12H17N3O/c1-3-6-16-11-4-5-15(9-11)12-13-7-10(2)8-14-12/h3,7-8,11H,1,4-6,9H2,2H3. The molecule has 0 radical (unpaired) electrons. The van der Waals surface area contributed by atoms with Crippen LogP contribution in [-0.2, 0) is 4.74 Å². The summed E-state index contributed by atoms with van der Waals surface area (Å²) < 4.78 is 5.61.